The van der Waals surface area contributed by atoms with E-state index in [0.29, 0.717) is 0 Å². The molecule has 17 heavy (non-hydrogen) atoms. The Labute approximate surface area is 103 Å². The highest BCUT2D eigenvalue weighted by Crippen LogP contribution is 2.55. The van der Waals surface area contributed by atoms with Crippen molar-refractivity contribution in [3.8, 4) is 0 Å². The zero-order chi connectivity index (χ0) is 13.7. The fourth-order valence-electron chi connectivity index (χ4n) is 0.889. The van der Waals surface area contributed by atoms with Gasteiger partial charge in [0.1, 0.15) is 0 Å². The lowest BCUT2D eigenvalue weighted by Gasteiger charge is -2.30. The van der Waals surface area contributed by atoms with E-state index in [9.17, 15) is 4.57 Å². The summed E-state index contributed by atoms with van der Waals surface area (Å²) in [5.41, 5.74) is 3.78. The van der Waals surface area contributed by atoms with E-state index in [1.54, 1.807) is 41.5 Å². The van der Waals surface area contributed by atoms with Gasteiger partial charge in [-0.25, -0.2) is 9.56 Å². The summed E-state index contributed by atoms with van der Waals surface area (Å²) >= 11 is 0. The van der Waals surface area contributed by atoms with Crippen molar-refractivity contribution in [1.82, 2.24) is 0 Å². The Hall–Kier alpha value is -0.420. The summed E-state index contributed by atoms with van der Waals surface area (Å²) in [7, 11) is -3.66. The Morgan fingerprint density at radius 2 is 1.53 bits per heavy atom. The van der Waals surface area contributed by atoms with Crippen LogP contribution in [-0.2, 0) is 18.1 Å². The Morgan fingerprint density at radius 3 is 1.82 bits per heavy atom. The van der Waals surface area contributed by atoms with Gasteiger partial charge < -0.3 is 5.73 Å². The first-order chi connectivity index (χ1) is 7.47. The average molecular weight is 266 g/mol. The van der Waals surface area contributed by atoms with E-state index in [1.165, 1.54) is 0 Å². The van der Waals surface area contributed by atoms with E-state index in [0.717, 1.165) is 6.34 Å². The lowest BCUT2D eigenvalue weighted by Crippen LogP contribution is -2.24. The van der Waals surface area contributed by atoms with E-state index >= 15 is 0 Å². The molecule has 0 amide bonds. The topological polar surface area (TPSA) is 83.1 Å². The second kappa shape index (κ2) is 5.96. The van der Waals surface area contributed by atoms with Crippen LogP contribution in [0.3, 0.4) is 0 Å². The molecule has 2 N–H and O–H groups in total. The molecule has 0 unspecified atom stereocenters. The molecule has 0 saturated carbocycles. The number of nitrogens with two attached hydrogens (primary N) is 1. The molecule has 0 atom stereocenters. The maximum Gasteiger partial charge on any atom is 0.477 e. The van der Waals surface area contributed by atoms with Gasteiger partial charge in [0.2, 0.25) is 0 Å². The van der Waals surface area contributed by atoms with E-state index in [1.807, 2.05) is 0 Å². The van der Waals surface area contributed by atoms with Gasteiger partial charge >= 0.3 is 7.82 Å². The lowest BCUT2D eigenvalue weighted by atomic mass is 10.2. The van der Waals surface area contributed by atoms with Crippen LogP contribution in [0.15, 0.2) is 4.99 Å². The van der Waals surface area contributed by atoms with Gasteiger partial charge in [0.15, 0.2) is 6.73 Å². The number of rotatable bonds is 5. The van der Waals surface area contributed by atoms with Crippen molar-refractivity contribution in [2.75, 3.05) is 6.73 Å². The van der Waals surface area contributed by atoms with Crippen molar-refractivity contribution in [3.05, 3.63) is 0 Å². The van der Waals surface area contributed by atoms with Crippen molar-refractivity contribution in [3.63, 3.8) is 0 Å². The molecule has 0 aliphatic carbocycles. The molecule has 0 fully saturated rings. The van der Waals surface area contributed by atoms with Gasteiger partial charge in [-0.3, -0.25) is 13.6 Å². The molecule has 0 aromatic carbocycles. The van der Waals surface area contributed by atoms with Gasteiger partial charge in [-0.2, -0.15) is 0 Å². The molecular formula is C10H23N2O4P. The maximum absolute atomic E-state index is 12.3. The molecule has 7 heteroatoms. The van der Waals surface area contributed by atoms with Crippen LogP contribution in [0, 0.1) is 0 Å². The van der Waals surface area contributed by atoms with E-state index in [-0.39, 0.29) is 6.73 Å². The van der Waals surface area contributed by atoms with Gasteiger partial charge in [-0.1, -0.05) is 0 Å². The molecule has 0 heterocycles. The zero-order valence-electron chi connectivity index (χ0n) is 11.4. The number of hydrogen-bond donors (Lipinski definition) is 1. The van der Waals surface area contributed by atoms with Crippen molar-refractivity contribution < 1.29 is 18.1 Å². The Kier molecular flexibility index (Phi) is 5.81. The van der Waals surface area contributed by atoms with Crippen molar-refractivity contribution in [1.29, 1.82) is 0 Å². The first-order valence-corrected chi connectivity index (χ1v) is 6.80. The summed E-state index contributed by atoms with van der Waals surface area (Å²) in [6, 6.07) is 0. The smallest absolute Gasteiger partial charge is 0.390 e. The third-order valence-electron chi connectivity index (χ3n) is 1.17. The van der Waals surface area contributed by atoms with Crippen molar-refractivity contribution >= 4 is 14.2 Å². The number of phosphoric ester groups is 1. The van der Waals surface area contributed by atoms with Gasteiger partial charge in [0, 0.05) is 0 Å². The van der Waals surface area contributed by atoms with Crippen LogP contribution < -0.4 is 5.73 Å². The standard InChI is InChI=1S/C10H23N2O4P/c1-9(2,3)15-17(13,14-8-12-7-11)16-10(4,5)6/h7H,8H2,1-6H3,(H2,11,12). The maximum atomic E-state index is 12.3. The Balaban J connectivity index is 4.75. The first-order valence-electron chi connectivity index (χ1n) is 5.33. The molecule has 102 valence electrons. The predicted molar refractivity (Wildman–Crippen MR) is 67.9 cm³/mol. The van der Waals surface area contributed by atoms with Crippen LogP contribution in [0.1, 0.15) is 41.5 Å². The molecule has 0 aromatic rings. The van der Waals surface area contributed by atoms with E-state index < -0.39 is 19.0 Å². The summed E-state index contributed by atoms with van der Waals surface area (Å²) in [5.74, 6) is 0. The van der Waals surface area contributed by atoms with Crippen LogP contribution in [0.5, 0.6) is 0 Å². The Morgan fingerprint density at radius 1 is 1.12 bits per heavy atom. The summed E-state index contributed by atoms with van der Waals surface area (Å²) < 4.78 is 28.1. The van der Waals surface area contributed by atoms with Gasteiger partial charge in [0.05, 0.1) is 17.5 Å². The largest absolute Gasteiger partial charge is 0.477 e. The molecule has 0 bridgehead atoms. The van der Waals surface area contributed by atoms with Crippen LogP contribution in [0.2, 0.25) is 0 Å². The van der Waals surface area contributed by atoms with Crippen LogP contribution in [0.25, 0.3) is 0 Å². The quantitative estimate of drug-likeness (QED) is 0.470. The van der Waals surface area contributed by atoms with Crippen molar-refractivity contribution in [2.24, 2.45) is 10.7 Å². The number of aliphatic imine (C=N–C) groups is 1. The summed E-state index contributed by atoms with van der Waals surface area (Å²) in [6.45, 7) is 10.4. The lowest BCUT2D eigenvalue weighted by molar-refractivity contribution is 0.00439. The van der Waals surface area contributed by atoms with Crippen LogP contribution in [-0.4, -0.2) is 24.3 Å². The molecule has 0 aromatic heterocycles. The van der Waals surface area contributed by atoms with Gasteiger partial charge in [-0.15, -0.1) is 0 Å². The second-order valence-corrected chi connectivity index (χ2v) is 6.96. The van der Waals surface area contributed by atoms with Gasteiger partial charge in [-0.05, 0) is 41.5 Å². The molecular weight excluding hydrogens is 243 g/mol. The number of phosphoric acid groups is 1. The minimum atomic E-state index is -3.66. The average Bonchev–Trinajstić information content (AvgIpc) is 1.96. The van der Waals surface area contributed by atoms with E-state index in [4.69, 9.17) is 19.3 Å². The highest BCUT2D eigenvalue weighted by Gasteiger charge is 2.36. The fourth-order valence-corrected chi connectivity index (χ4v) is 2.58. The SMILES string of the molecule is CC(C)(C)OP(=O)(OCN=CN)OC(C)(C)C. The highest BCUT2D eigenvalue weighted by atomic mass is 31.2. The predicted octanol–water partition coefficient (Wildman–Crippen LogP) is 2.69. The number of nitrogens with zero attached hydrogens (tertiary/aromatic N) is 1. The molecule has 6 nitrogen and oxygen atoms in total. The third kappa shape index (κ3) is 9.30. The minimum absolute atomic E-state index is 0.167. The van der Waals surface area contributed by atoms with Crippen molar-refractivity contribution in [2.45, 2.75) is 52.7 Å². The van der Waals surface area contributed by atoms with Crippen LogP contribution in [0.4, 0.5) is 0 Å². The molecule has 0 aliphatic rings. The Bertz CT molecular complexity index is 284. The highest BCUT2D eigenvalue weighted by molar-refractivity contribution is 7.48. The van der Waals surface area contributed by atoms with E-state index in [2.05, 4.69) is 4.99 Å². The zero-order valence-corrected chi connectivity index (χ0v) is 12.3. The summed E-state index contributed by atoms with van der Waals surface area (Å²) in [6.07, 6.45) is 1.07. The molecule has 0 radical (unpaired) electrons. The van der Waals surface area contributed by atoms with Crippen LogP contribution >= 0.6 is 7.82 Å². The monoisotopic (exact) mass is 266 g/mol. The second-order valence-electron chi connectivity index (χ2n) is 5.44. The third-order valence-corrected chi connectivity index (χ3v) is 3.14. The number of hydrogen-bond acceptors (Lipinski definition) is 5. The molecule has 0 rings (SSSR count). The van der Waals surface area contributed by atoms with Gasteiger partial charge in [0.25, 0.3) is 0 Å². The minimum Gasteiger partial charge on any atom is -0.390 e. The molecule has 0 spiro atoms. The molecule has 0 aliphatic heterocycles. The first kappa shape index (κ1) is 16.6. The summed E-state index contributed by atoms with van der Waals surface area (Å²) in [4.78, 5) is 3.62. The molecule has 0 saturated heterocycles. The fraction of sp³-hybridized carbons (Fsp3) is 0.900. The summed E-state index contributed by atoms with van der Waals surface area (Å²) in [5, 5.41) is 0. The normalized spacial score (nSPS) is 14.5.